The van der Waals surface area contributed by atoms with Crippen molar-refractivity contribution in [3.8, 4) is 11.8 Å². The van der Waals surface area contributed by atoms with Gasteiger partial charge in [0.05, 0.1) is 10.6 Å². The van der Waals surface area contributed by atoms with Crippen molar-refractivity contribution >= 4 is 22.9 Å². The molecular weight excluding hydrogens is 335 g/mol. The summed E-state index contributed by atoms with van der Waals surface area (Å²) in [5.74, 6) is -0.292. The molecule has 0 amide bonds. The van der Waals surface area contributed by atoms with Crippen LogP contribution in [0, 0.1) is 17.1 Å². The monoisotopic (exact) mass is 350 g/mol. The van der Waals surface area contributed by atoms with Gasteiger partial charge in [-0.15, -0.1) is 0 Å². The Morgan fingerprint density at radius 1 is 1.48 bits per heavy atom. The topological polar surface area (TPSA) is 45.0 Å². The molecule has 23 heavy (non-hydrogen) atoms. The molecule has 1 aromatic carbocycles. The van der Waals surface area contributed by atoms with Gasteiger partial charge in [-0.25, -0.2) is 4.39 Å². The van der Waals surface area contributed by atoms with Crippen LogP contribution in [0.15, 0.2) is 29.0 Å². The van der Waals surface area contributed by atoms with E-state index in [-0.39, 0.29) is 16.7 Å². The molecule has 0 radical (unpaired) electrons. The summed E-state index contributed by atoms with van der Waals surface area (Å²) in [4.78, 5) is 0. The van der Waals surface area contributed by atoms with Crippen molar-refractivity contribution in [2.45, 2.75) is 31.4 Å². The smallest absolute Gasteiger partial charge is 0.143 e. The fourth-order valence-electron chi connectivity index (χ4n) is 2.32. The van der Waals surface area contributed by atoms with Crippen molar-refractivity contribution in [3.63, 3.8) is 0 Å². The highest BCUT2D eigenvalue weighted by Gasteiger charge is 2.22. The van der Waals surface area contributed by atoms with Crippen molar-refractivity contribution in [2.24, 2.45) is 0 Å². The van der Waals surface area contributed by atoms with Gasteiger partial charge in [-0.1, -0.05) is 11.6 Å². The summed E-state index contributed by atoms with van der Waals surface area (Å²) in [5.41, 5.74) is 1.21. The normalized spacial score (nSPS) is 15.2. The Balaban J connectivity index is 1.77. The number of nitriles is 1. The average molecular weight is 351 g/mol. The van der Waals surface area contributed by atoms with Gasteiger partial charge in [0.1, 0.15) is 23.7 Å². The highest BCUT2D eigenvalue weighted by atomic mass is 35.5. The van der Waals surface area contributed by atoms with E-state index in [0.29, 0.717) is 11.8 Å². The molecule has 1 fully saturated rings. The van der Waals surface area contributed by atoms with Gasteiger partial charge < -0.3 is 10.1 Å². The van der Waals surface area contributed by atoms with E-state index in [1.807, 2.05) is 22.9 Å². The molecule has 1 atom stereocenters. The van der Waals surface area contributed by atoms with Gasteiger partial charge in [0, 0.05) is 24.1 Å². The zero-order valence-corrected chi connectivity index (χ0v) is 14.0. The molecular formula is C17H16ClFN2OS. The summed E-state index contributed by atoms with van der Waals surface area (Å²) in [5, 5.41) is 16.6. The fourth-order valence-corrected chi connectivity index (χ4v) is 3.18. The lowest BCUT2D eigenvalue weighted by Crippen LogP contribution is -2.21. The summed E-state index contributed by atoms with van der Waals surface area (Å²) in [6, 6.07) is 7.09. The standard InChI is InChI=1S/C17H16ClFN2OS/c18-14-8-17(12(9-20)7-15(14)19)22-16(11-4-6-23-10-11)3-5-21-13-1-2-13/h4,6-8,10,13,16,21H,1-3,5H2/t16-/m1/s1. The Bertz CT molecular complexity index is 710. The van der Waals surface area contributed by atoms with E-state index in [0.717, 1.165) is 24.6 Å². The third-order valence-electron chi connectivity index (χ3n) is 3.74. The highest BCUT2D eigenvalue weighted by molar-refractivity contribution is 7.07. The molecule has 0 aliphatic heterocycles. The lowest BCUT2D eigenvalue weighted by molar-refractivity contribution is 0.193. The molecule has 1 aliphatic rings. The van der Waals surface area contributed by atoms with E-state index in [4.69, 9.17) is 16.3 Å². The second-order valence-electron chi connectivity index (χ2n) is 5.55. The van der Waals surface area contributed by atoms with Crippen LogP contribution in [-0.4, -0.2) is 12.6 Å². The molecule has 0 saturated heterocycles. The van der Waals surface area contributed by atoms with Crippen LogP contribution in [0.1, 0.15) is 36.5 Å². The molecule has 0 bridgehead atoms. The Kier molecular flexibility index (Phi) is 5.16. The van der Waals surface area contributed by atoms with Crippen LogP contribution in [0.2, 0.25) is 5.02 Å². The summed E-state index contributed by atoms with van der Waals surface area (Å²) >= 11 is 7.43. The number of halogens is 2. The maximum Gasteiger partial charge on any atom is 0.143 e. The van der Waals surface area contributed by atoms with Crippen molar-refractivity contribution in [2.75, 3.05) is 6.54 Å². The van der Waals surface area contributed by atoms with E-state index in [9.17, 15) is 9.65 Å². The first-order valence-corrected chi connectivity index (χ1v) is 8.80. The Morgan fingerprint density at radius 3 is 2.96 bits per heavy atom. The van der Waals surface area contributed by atoms with Crippen LogP contribution >= 0.6 is 22.9 Å². The minimum atomic E-state index is -0.613. The predicted octanol–water partition coefficient (Wildman–Crippen LogP) is 4.67. The summed E-state index contributed by atoms with van der Waals surface area (Å²) < 4.78 is 19.5. The van der Waals surface area contributed by atoms with Gasteiger partial charge >= 0.3 is 0 Å². The third kappa shape index (κ3) is 4.23. The van der Waals surface area contributed by atoms with E-state index in [1.165, 1.54) is 18.9 Å². The number of thiophene rings is 1. The first kappa shape index (κ1) is 16.3. The molecule has 120 valence electrons. The quantitative estimate of drug-likeness (QED) is 0.788. The number of nitrogens with zero attached hydrogens (tertiary/aromatic N) is 1. The number of hydrogen-bond acceptors (Lipinski definition) is 4. The van der Waals surface area contributed by atoms with Crippen molar-refractivity contribution in [1.29, 1.82) is 5.26 Å². The second-order valence-corrected chi connectivity index (χ2v) is 6.74. The van der Waals surface area contributed by atoms with Gasteiger partial charge in [-0.05, 0) is 42.3 Å². The molecule has 6 heteroatoms. The third-order valence-corrected chi connectivity index (χ3v) is 4.74. The van der Waals surface area contributed by atoms with Crippen LogP contribution in [0.3, 0.4) is 0 Å². The highest BCUT2D eigenvalue weighted by Crippen LogP contribution is 2.32. The first-order valence-electron chi connectivity index (χ1n) is 7.48. The Hall–Kier alpha value is -1.61. The van der Waals surface area contributed by atoms with E-state index in [1.54, 1.807) is 11.3 Å². The van der Waals surface area contributed by atoms with Crippen LogP contribution in [0.25, 0.3) is 0 Å². The number of benzene rings is 1. The van der Waals surface area contributed by atoms with Crippen LogP contribution in [-0.2, 0) is 0 Å². The van der Waals surface area contributed by atoms with Gasteiger partial charge in [-0.3, -0.25) is 0 Å². The molecule has 2 aromatic rings. The molecule has 1 heterocycles. The number of rotatable bonds is 7. The summed E-state index contributed by atoms with van der Waals surface area (Å²) in [6.07, 6.45) is 3.04. The van der Waals surface area contributed by atoms with E-state index >= 15 is 0 Å². The molecule has 0 unspecified atom stereocenters. The second kappa shape index (κ2) is 7.31. The van der Waals surface area contributed by atoms with Crippen LogP contribution < -0.4 is 10.1 Å². The van der Waals surface area contributed by atoms with Gasteiger partial charge in [-0.2, -0.15) is 16.6 Å². The molecule has 3 nitrogen and oxygen atoms in total. The fraction of sp³-hybridized carbons (Fsp3) is 0.353. The summed E-state index contributed by atoms with van der Waals surface area (Å²) in [6.45, 7) is 0.835. The largest absolute Gasteiger partial charge is 0.484 e. The number of nitrogens with one attached hydrogen (secondary N) is 1. The van der Waals surface area contributed by atoms with E-state index < -0.39 is 5.82 Å². The first-order chi connectivity index (χ1) is 11.2. The van der Waals surface area contributed by atoms with Crippen molar-refractivity contribution in [3.05, 3.63) is 50.9 Å². The zero-order valence-electron chi connectivity index (χ0n) is 12.4. The maximum atomic E-state index is 13.5. The lowest BCUT2D eigenvalue weighted by atomic mass is 10.1. The Labute approximate surface area is 143 Å². The average Bonchev–Trinajstić information content (AvgIpc) is 3.20. The predicted molar refractivity (Wildman–Crippen MR) is 89.5 cm³/mol. The lowest BCUT2D eigenvalue weighted by Gasteiger charge is -2.20. The van der Waals surface area contributed by atoms with Crippen molar-refractivity contribution < 1.29 is 9.13 Å². The van der Waals surface area contributed by atoms with Crippen LogP contribution in [0.4, 0.5) is 4.39 Å². The van der Waals surface area contributed by atoms with Gasteiger partial charge in [0.15, 0.2) is 0 Å². The molecule has 1 aliphatic carbocycles. The molecule has 0 spiro atoms. The van der Waals surface area contributed by atoms with Crippen molar-refractivity contribution in [1.82, 2.24) is 5.32 Å². The van der Waals surface area contributed by atoms with Gasteiger partial charge in [0.25, 0.3) is 0 Å². The number of hydrogen-bond donors (Lipinski definition) is 1. The molecule has 1 saturated carbocycles. The SMILES string of the molecule is N#Cc1cc(F)c(Cl)cc1O[C@H](CCNC1CC1)c1ccsc1. The minimum Gasteiger partial charge on any atom is -0.484 e. The minimum absolute atomic E-state index is 0.0424. The molecule has 1 N–H and O–H groups in total. The molecule has 3 rings (SSSR count). The molecule has 1 aromatic heterocycles. The van der Waals surface area contributed by atoms with Crippen LogP contribution in [0.5, 0.6) is 5.75 Å². The van der Waals surface area contributed by atoms with E-state index in [2.05, 4.69) is 5.32 Å². The van der Waals surface area contributed by atoms with Gasteiger partial charge in [0.2, 0.25) is 0 Å². The maximum absolute atomic E-state index is 13.5. The zero-order chi connectivity index (χ0) is 16.2. The summed E-state index contributed by atoms with van der Waals surface area (Å²) in [7, 11) is 0. The number of ether oxygens (including phenoxy) is 1. The Morgan fingerprint density at radius 2 is 2.30 bits per heavy atom.